The van der Waals surface area contributed by atoms with Gasteiger partial charge in [0.05, 0.1) is 6.61 Å². The Morgan fingerprint density at radius 2 is 2.07 bits per heavy atom. The fourth-order valence-corrected chi connectivity index (χ4v) is 3.22. The van der Waals surface area contributed by atoms with E-state index >= 15 is 0 Å². The molecule has 1 saturated heterocycles. The van der Waals surface area contributed by atoms with E-state index in [-0.39, 0.29) is 0 Å². The topological polar surface area (TPSA) is 49.5 Å². The minimum Gasteiger partial charge on any atom is -0.395 e. The first kappa shape index (κ1) is 10.4. The van der Waals surface area contributed by atoms with Crippen molar-refractivity contribution in [2.75, 3.05) is 19.7 Å². The summed E-state index contributed by atoms with van der Waals surface area (Å²) in [5, 5.41) is 9.28. The van der Waals surface area contributed by atoms with Crippen molar-refractivity contribution in [3.05, 3.63) is 0 Å². The van der Waals surface area contributed by atoms with E-state index in [1.165, 1.54) is 38.6 Å². The van der Waals surface area contributed by atoms with E-state index in [0.29, 0.717) is 24.6 Å². The summed E-state index contributed by atoms with van der Waals surface area (Å²) in [6.07, 6.45) is 6.32. The van der Waals surface area contributed by atoms with Crippen LogP contribution in [0.3, 0.4) is 0 Å². The van der Waals surface area contributed by atoms with Crippen LogP contribution in [0, 0.1) is 5.92 Å². The standard InChI is InChI=1S/C11H22N2O/c12-7-9-3-1-5-11(9)13-6-2-4-10(13)8-14/h9-11,14H,1-8,12H2/t9?,10-,11?/m1/s1. The third kappa shape index (κ3) is 1.81. The molecule has 2 fully saturated rings. The molecule has 2 rings (SSSR count). The lowest BCUT2D eigenvalue weighted by Gasteiger charge is -2.33. The molecular weight excluding hydrogens is 176 g/mol. The summed E-state index contributed by atoms with van der Waals surface area (Å²) < 4.78 is 0. The average molecular weight is 198 g/mol. The van der Waals surface area contributed by atoms with Crippen LogP contribution in [0.4, 0.5) is 0 Å². The third-order valence-electron chi connectivity index (χ3n) is 3.98. The van der Waals surface area contributed by atoms with Crippen molar-refractivity contribution in [3.8, 4) is 0 Å². The van der Waals surface area contributed by atoms with Gasteiger partial charge in [-0.3, -0.25) is 4.90 Å². The Kier molecular flexibility index (Phi) is 3.42. The van der Waals surface area contributed by atoms with Crippen LogP contribution >= 0.6 is 0 Å². The molecule has 3 heteroatoms. The molecule has 3 N–H and O–H groups in total. The monoisotopic (exact) mass is 198 g/mol. The SMILES string of the molecule is NCC1CCCC1N1CCC[C@@H]1CO. The average Bonchev–Trinajstić information content (AvgIpc) is 2.85. The second-order valence-corrected chi connectivity index (χ2v) is 4.71. The fraction of sp³-hybridized carbons (Fsp3) is 1.00. The molecule has 0 spiro atoms. The molecule has 1 heterocycles. The summed E-state index contributed by atoms with van der Waals surface area (Å²) in [5.74, 6) is 0.683. The molecule has 0 amide bonds. The van der Waals surface area contributed by atoms with Gasteiger partial charge in [-0.2, -0.15) is 0 Å². The maximum atomic E-state index is 9.28. The van der Waals surface area contributed by atoms with Gasteiger partial charge in [0.1, 0.15) is 0 Å². The third-order valence-corrected chi connectivity index (χ3v) is 3.98. The van der Waals surface area contributed by atoms with Crippen molar-refractivity contribution in [1.29, 1.82) is 0 Å². The molecule has 3 nitrogen and oxygen atoms in total. The summed E-state index contributed by atoms with van der Waals surface area (Å²) in [6.45, 7) is 2.32. The Morgan fingerprint density at radius 3 is 2.79 bits per heavy atom. The van der Waals surface area contributed by atoms with E-state index in [0.717, 1.165) is 6.54 Å². The first-order valence-corrected chi connectivity index (χ1v) is 5.93. The summed E-state index contributed by atoms with van der Waals surface area (Å²) in [6, 6.07) is 1.09. The fourth-order valence-electron chi connectivity index (χ4n) is 3.22. The van der Waals surface area contributed by atoms with Crippen LogP contribution in [-0.2, 0) is 0 Å². The van der Waals surface area contributed by atoms with Gasteiger partial charge in [-0.1, -0.05) is 6.42 Å². The van der Waals surface area contributed by atoms with E-state index in [4.69, 9.17) is 5.73 Å². The van der Waals surface area contributed by atoms with Crippen molar-refractivity contribution in [2.45, 2.75) is 44.2 Å². The highest BCUT2D eigenvalue weighted by Gasteiger charge is 2.36. The number of hydrogen-bond donors (Lipinski definition) is 2. The predicted octanol–water partition coefficient (Wildman–Crippen LogP) is 0.570. The zero-order valence-electron chi connectivity index (χ0n) is 8.86. The summed E-state index contributed by atoms with van der Waals surface area (Å²) >= 11 is 0. The second kappa shape index (κ2) is 4.60. The van der Waals surface area contributed by atoms with Crippen LogP contribution in [0.25, 0.3) is 0 Å². The first-order valence-electron chi connectivity index (χ1n) is 5.93. The molecule has 1 aliphatic carbocycles. The number of aliphatic hydroxyl groups excluding tert-OH is 1. The molecule has 2 aliphatic rings. The molecule has 2 unspecified atom stereocenters. The van der Waals surface area contributed by atoms with Gasteiger partial charge >= 0.3 is 0 Å². The van der Waals surface area contributed by atoms with Crippen LogP contribution in [0.1, 0.15) is 32.1 Å². The molecule has 3 atom stereocenters. The summed E-state index contributed by atoms with van der Waals surface area (Å²) in [7, 11) is 0. The van der Waals surface area contributed by atoms with Crippen molar-refractivity contribution < 1.29 is 5.11 Å². The zero-order valence-corrected chi connectivity index (χ0v) is 8.86. The normalized spacial score (nSPS) is 39.4. The maximum absolute atomic E-state index is 9.28. The lowest BCUT2D eigenvalue weighted by Crippen LogP contribution is -2.44. The van der Waals surface area contributed by atoms with E-state index in [2.05, 4.69) is 4.90 Å². The van der Waals surface area contributed by atoms with Gasteiger partial charge in [0, 0.05) is 12.1 Å². The quantitative estimate of drug-likeness (QED) is 0.697. The van der Waals surface area contributed by atoms with Crippen LogP contribution in [0.2, 0.25) is 0 Å². The van der Waals surface area contributed by atoms with Crippen LogP contribution < -0.4 is 5.73 Å². The second-order valence-electron chi connectivity index (χ2n) is 4.71. The number of likely N-dealkylation sites (tertiary alicyclic amines) is 1. The molecular formula is C11H22N2O. The van der Waals surface area contributed by atoms with Gasteiger partial charge in [0.2, 0.25) is 0 Å². The molecule has 0 bridgehead atoms. The van der Waals surface area contributed by atoms with Crippen molar-refractivity contribution in [3.63, 3.8) is 0 Å². The van der Waals surface area contributed by atoms with Crippen molar-refractivity contribution >= 4 is 0 Å². The number of nitrogens with zero attached hydrogens (tertiary/aromatic N) is 1. The van der Waals surface area contributed by atoms with Crippen LogP contribution in [0.15, 0.2) is 0 Å². The van der Waals surface area contributed by atoms with Gasteiger partial charge in [-0.15, -0.1) is 0 Å². The molecule has 0 aromatic carbocycles. The Hall–Kier alpha value is -0.120. The highest BCUT2D eigenvalue weighted by atomic mass is 16.3. The highest BCUT2D eigenvalue weighted by molar-refractivity contribution is 4.91. The number of aliphatic hydroxyl groups is 1. The minimum absolute atomic E-state index is 0.327. The largest absolute Gasteiger partial charge is 0.395 e. The van der Waals surface area contributed by atoms with Crippen LogP contribution in [0.5, 0.6) is 0 Å². The number of nitrogens with two attached hydrogens (primary N) is 1. The zero-order chi connectivity index (χ0) is 9.97. The molecule has 0 aromatic rings. The van der Waals surface area contributed by atoms with Gasteiger partial charge in [-0.05, 0) is 44.7 Å². The van der Waals surface area contributed by atoms with Gasteiger partial charge < -0.3 is 10.8 Å². The molecule has 14 heavy (non-hydrogen) atoms. The van der Waals surface area contributed by atoms with Gasteiger partial charge in [0.15, 0.2) is 0 Å². The molecule has 0 radical (unpaired) electrons. The maximum Gasteiger partial charge on any atom is 0.0586 e. The van der Waals surface area contributed by atoms with Crippen LogP contribution in [-0.4, -0.2) is 41.8 Å². The predicted molar refractivity (Wildman–Crippen MR) is 57.0 cm³/mol. The minimum atomic E-state index is 0.327. The van der Waals surface area contributed by atoms with E-state index in [1.807, 2.05) is 0 Å². The smallest absolute Gasteiger partial charge is 0.0586 e. The summed E-state index contributed by atoms with van der Waals surface area (Å²) in [4.78, 5) is 2.52. The first-order chi connectivity index (χ1) is 6.86. The van der Waals surface area contributed by atoms with Crippen molar-refractivity contribution in [1.82, 2.24) is 4.90 Å². The Balaban J connectivity index is 1.98. The Morgan fingerprint density at radius 1 is 1.21 bits per heavy atom. The lowest BCUT2D eigenvalue weighted by molar-refractivity contribution is 0.101. The molecule has 0 aromatic heterocycles. The van der Waals surface area contributed by atoms with Gasteiger partial charge in [-0.25, -0.2) is 0 Å². The lowest BCUT2D eigenvalue weighted by atomic mass is 10.0. The molecule has 1 saturated carbocycles. The van der Waals surface area contributed by atoms with Crippen molar-refractivity contribution in [2.24, 2.45) is 11.7 Å². The Labute approximate surface area is 86.3 Å². The van der Waals surface area contributed by atoms with E-state index in [1.54, 1.807) is 0 Å². The van der Waals surface area contributed by atoms with E-state index in [9.17, 15) is 5.11 Å². The van der Waals surface area contributed by atoms with E-state index < -0.39 is 0 Å². The summed E-state index contributed by atoms with van der Waals surface area (Å²) in [5.41, 5.74) is 5.79. The number of rotatable bonds is 3. The molecule has 82 valence electrons. The number of hydrogen-bond acceptors (Lipinski definition) is 3. The molecule has 1 aliphatic heterocycles. The highest BCUT2D eigenvalue weighted by Crippen LogP contribution is 2.33. The van der Waals surface area contributed by atoms with Gasteiger partial charge in [0.25, 0.3) is 0 Å². The Bertz CT molecular complexity index is 166.